The first-order valence-electron chi connectivity index (χ1n) is 10.9. The fraction of sp³-hybridized carbons (Fsp3) is 0.571. The Morgan fingerprint density at radius 3 is 2.44 bits per heavy atom. The predicted molar refractivity (Wildman–Crippen MR) is 114 cm³/mol. The standard InChI is InChI=1S/C21H23F5N8/c1-12-14-8-27-19(30-18(14)34(31-12)9-16(22)23)33-6-4-20(11-33)3-5-32(10-20)17-7-15(21(24,25)26)28-13(2)29-17/h7-8,16H,3-6,9-11H2,1-2H3. The molecule has 2 fully saturated rings. The van der Waals surface area contributed by atoms with Crippen molar-refractivity contribution >= 4 is 22.8 Å². The maximum Gasteiger partial charge on any atom is 0.433 e. The fourth-order valence-electron chi connectivity index (χ4n) is 4.94. The number of aromatic nitrogens is 6. The molecule has 182 valence electrons. The van der Waals surface area contributed by atoms with E-state index in [4.69, 9.17) is 0 Å². The maximum atomic E-state index is 13.2. The molecule has 0 saturated carbocycles. The molecular formula is C21H23F5N8. The van der Waals surface area contributed by atoms with Crippen molar-refractivity contribution in [3.8, 4) is 0 Å². The van der Waals surface area contributed by atoms with Crippen molar-refractivity contribution in [1.29, 1.82) is 0 Å². The molecule has 3 aromatic rings. The van der Waals surface area contributed by atoms with E-state index in [1.165, 1.54) is 11.6 Å². The Balaban J connectivity index is 1.36. The number of nitrogens with zero attached hydrogens (tertiary/aromatic N) is 8. The molecule has 0 radical (unpaired) electrons. The van der Waals surface area contributed by atoms with Gasteiger partial charge in [0, 0.05) is 43.9 Å². The van der Waals surface area contributed by atoms with Gasteiger partial charge in [-0.25, -0.2) is 28.4 Å². The average Bonchev–Trinajstić information content (AvgIpc) is 3.45. The first-order chi connectivity index (χ1) is 16.0. The minimum absolute atomic E-state index is 0.0798. The number of aryl methyl sites for hydroxylation is 2. The molecule has 5 rings (SSSR count). The number of rotatable bonds is 4. The molecule has 13 heteroatoms. The first-order valence-corrected chi connectivity index (χ1v) is 10.9. The fourth-order valence-corrected chi connectivity index (χ4v) is 4.94. The first kappa shape index (κ1) is 22.7. The van der Waals surface area contributed by atoms with Crippen LogP contribution in [0.25, 0.3) is 11.0 Å². The molecule has 2 saturated heterocycles. The van der Waals surface area contributed by atoms with Crippen LogP contribution in [0.2, 0.25) is 0 Å². The molecule has 0 bridgehead atoms. The van der Waals surface area contributed by atoms with Crippen LogP contribution >= 0.6 is 0 Å². The van der Waals surface area contributed by atoms with Crippen LogP contribution in [0.1, 0.15) is 30.1 Å². The van der Waals surface area contributed by atoms with Gasteiger partial charge in [-0.05, 0) is 26.7 Å². The van der Waals surface area contributed by atoms with Crippen molar-refractivity contribution in [1.82, 2.24) is 29.7 Å². The van der Waals surface area contributed by atoms with Crippen molar-refractivity contribution in [3.05, 3.63) is 29.5 Å². The summed E-state index contributed by atoms with van der Waals surface area (Å²) in [6.45, 7) is 5.06. The summed E-state index contributed by atoms with van der Waals surface area (Å²) in [4.78, 5) is 20.6. The Labute approximate surface area is 191 Å². The molecule has 1 atom stereocenters. The van der Waals surface area contributed by atoms with Gasteiger partial charge in [0.05, 0.1) is 11.1 Å². The zero-order valence-corrected chi connectivity index (χ0v) is 18.6. The van der Waals surface area contributed by atoms with Gasteiger partial charge in [-0.3, -0.25) is 0 Å². The lowest BCUT2D eigenvalue weighted by atomic mass is 9.86. The van der Waals surface area contributed by atoms with Crippen molar-refractivity contribution in [2.75, 3.05) is 36.0 Å². The van der Waals surface area contributed by atoms with Crippen molar-refractivity contribution in [2.24, 2.45) is 5.41 Å². The van der Waals surface area contributed by atoms with Gasteiger partial charge in [-0.1, -0.05) is 0 Å². The molecule has 1 unspecified atom stereocenters. The van der Waals surface area contributed by atoms with Crippen LogP contribution in [0.15, 0.2) is 12.3 Å². The summed E-state index contributed by atoms with van der Waals surface area (Å²) < 4.78 is 66.7. The van der Waals surface area contributed by atoms with E-state index in [-0.39, 0.29) is 17.1 Å². The molecule has 5 heterocycles. The third-order valence-corrected chi connectivity index (χ3v) is 6.57. The summed E-state index contributed by atoms with van der Waals surface area (Å²) in [6.07, 6.45) is -3.87. The number of fused-ring (bicyclic) bond motifs is 1. The third-order valence-electron chi connectivity index (χ3n) is 6.57. The summed E-state index contributed by atoms with van der Waals surface area (Å²) in [7, 11) is 0. The normalized spacial score (nSPS) is 21.1. The highest BCUT2D eigenvalue weighted by Gasteiger charge is 2.45. The minimum Gasteiger partial charge on any atom is -0.356 e. The second-order valence-electron chi connectivity index (χ2n) is 9.07. The minimum atomic E-state index is -4.53. The lowest BCUT2D eigenvalue weighted by Gasteiger charge is -2.25. The Hall–Kier alpha value is -3.12. The highest BCUT2D eigenvalue weighted by atomic mass is 19.4. The van der Waals surface area contributed by atoms with Crippen LogP contribution < -0.4 is 9.80 Å². The van der Waals surface area contributed by atoms with E-state index < -0.39 is 24.8 Å². The molecule has 3 aromatic heterocycles. The van der Waals surface area contributed by atoms with E-state index in [9.17, 15) is 22.0 Å². The molecule has 0 N–H and O–H groups in total. The van der Waals surface area contributed by atoms with E-state index in [0.29, 0.717) is 48.9 Å². The number of halogens is 5. The maximum absolute atomic E-state index is 13.2. The van der Waals surface area contributed by atoms with Gasteiger partial charge in [0.25, 0.3) is 6.43 Å². The smallest absolute Gasteiger partial charge is 0.356 e. The molecule has 1 spiro atoms. The van der Waals surface area contributed by atoms with Crippen molar-refractivity contribution < 1.29 is 22.0 Å². The Morgan fingerprint density at radius 2 is 1.74 bits per heavy atom. The van der Waals surface area contributed by atoms with E-state index in [2.05, 4.69) is 25.0 Å². The summed E-state index contributed by atoms with van der Waals surface area (Å²) >= 11 is 0. The Morgan fingerprint density at radius 1 is 1.03 bits per heavy atom. The highest BCUT2D eigenvalue weighted by molar-refractivity contribution is 5.78. The Kier molecular flexibility index (Phi) is 5.32. The van der Waals surface area contributed by atoms with Crippen LogP contribution in [0.3, 0.4) is 0 Å². The van der Waals surface area contributed by atoms with Crippen molar-refractivity contribution in [2.45, 2.75) is 45.8 Å². The molecule has 8 nitrogen and oxygen atoms in total. The lowest BCUT2D eigenvalue weighted by molar-refractivity contribution is -0.141. The number of alkyl halides is 5. The summed E-state index contributed by atoms with van der Waals surface area (Å²) in [5, 5.41) is 4.79. The molecule has 2 aliphatic heterocycles. The molecular weight excluding hydrogens is 459 g/mol. The van der Waals surface area contributed by atoms with Gasteiger partial charge in [-0.15, -0.1) is 0 Å². The second-order valence-corrected chi connectivity index (χ2v) is 9.07. The quantitative estimate of drug-likeness (QED) is 0.526. The van der Waals surface area contributed by atoms with E-state index in [1.807, 2.05) is 9.80 Å². The van der Waals surface area contributed by atoms with Crippen LogP contribution in [-0.2, 0) is 12.7 Å². The highest BCUT2D eigenvalue weighted by Crippen LogP contribution is 2.42. The monoisotopic (exact) mass is 482 g/mol. The summed E-state index contributed by atoms with van der Waals surface area (Å²) in [5.41, 5.74) is -0.131. The van der Waals surface area contributed by atoms with E-state index >= 15 is 0 Å². The molecule has 2 aliphatic rings. The molecule has 0 aliphatic carbocycles. The molecule has 0 amide bonds. The van der Waals surface area contributed by atoms with Crippen LogP contribution in [0.5, 0.6) is 0 Å². The third kappa shape index (κ3) is 4.11. The predicted octanol–water partition coefficient (Wildman–Crippen LogP) is 3.62. The van der Waals surface area contributed by atoms with Gasteiger partial charge in [0.2, 0.25) is 5.95 Å². The largest absolute Gasteiger partial charge is 0.433 e. The topological polar surface area (TPSA) is 75.9 Å². The molecule has 34 heavy (non-hydrogen) atoms. The molecule has 0 aromatic carbocycles. The van der Waals surface area contributed by atoms with Gasteiger partial charge in [0.15, 0.2) is 5.65 Å². The van der Waals surface area contributed by atoms with E-state index in [0.717, 1.165) is 18.9 Å². The van der Waals surface area contributed by atoms with Crippen molar-refractivity contribution in [3.63, 3.8) is 0 Å². The Bertz CT molecular complexity index is 1230. The van der Waals surface area contributed by atoms with Gasteiger partial charge >= 0.3 is 6.18 Å². The lowest BCUT2D eigenvalue weighted by Crippen LogP contribution is -2.32. The number of hydrogen-bond acceptors (Lipinski definition) is 7. The van der Waals surface area contributed by atoms with Gasteiger partial charge in [0.1, 0.15) is 23.9 Å². The average molecular weight is 482 g/mol. The van der Waals surface area contributed by atoms with Crippen LogP contribution in [-0.4, -0.2) is 62.3 Å². The number of hydrogen-bond donors (Lipinski definition) is 0. The zero-order chi connectivity index (χ0) is 24.3. The zero-order valence-electron chi connectivity index (χ0n) is 18.6. The summed E-state index contributed by atoms with van der Waals surface area (Å²) in [6, 6.07) is 1.00. The SMILES string of the molecule is Cc1nc(N2CCC3(CCN(c4ncc5c(C)nn(CC(F)F)c5n4)C3)C2)cc(C(F)(F)F)n1. The van der Waals surface area contributed by atoms with Crippen LogP contribution in [0.4, 0.5) is 33.7 Å². The van der Waals surface area contributed by atoms with Crippen LogP contribution in [0, 0.1) is 19.3 Å². The summed E-state index contributed by atoms with van der Waals surface area (Å²) in [5.74, 6) is 0.797. The second kappa shape index (κ2) is 7.98. The van der Waals surface area contributed by atoms with Gasteiger partial charge < -0.3 is 9.80 Å². The van der Waals surface area contributed by atoms with E-state index in [1.54, 1.807) is 13.1 Å². The number of anilines is 2. The van der Waals surface area contributed by atoms with Gasteiger partial charge in [-0.2, -0.15) is 23.3 Å².